The Morgan fingerprint density at radius 3 is 2.76 bits per heavy atom. The number of carbonyl (C=O) groups is 1. The topological polar surface area (TPSA) is 82.5 Å². The quantitative estimate of drug-likeness (QED) is 0.652. The van der Waals surface area contributed by atoms with Gasteiger partial charge in [0.05, 0.1) is 0 Å². The van der Waals surface area contributed by atoms with Gasteiger partial charge in [-0.1, -0.05) is 0 Å². The molecule has 1 aromatic heterocycles. The first kappa shape index (κ1) is 13.5. The fourth-order valence-corrected chi connectivity index (χ4v) is 1.32. The molecule has 0 aliphatic heterocycles. The SMILES string of the molecule is CC(=O)NCC(O)C(O)c1cnc(F)c(C)c1. The van der Waals surface area contributed by atoms with E-state index < -0.39 is 18.2 Å². The van der Waals surface area contributed by atoms with Gasteiger partial charge in [0.1, 0.15) is 12.2 Å². The summed E-state index contributed by atoms with van der Waals surface area (Å²) in [7, 11) is 0. The highest BCUT2D eigenvalue weighted by atomic mass is 19.1. The van der Waals surface area contributed by atoms with Gasteiger partial charge >= 0.3 is 0 Å². The summed E-state index contributed by atoms with van der Waals surface area (Å²) in [6.45, 7) is 2.74. The van der Waals surface area contributed by atoms with Crippen molar-refractivity contribution < 1.29 is 19.4 Å². The molecule has 17 heavy (non-hydrogen) atoms. The Labute approximate surface area is 98.3 Å². The van der Waals surface area contributed by atoms with Crippen molar-refractivity contribution >= 4 is 5.91 Å². The molecule has 2 atom stereocenters. The third-order valence-electron chi connectivity index (χ3n) is 2.30. The molecule has 0 radical (unpaired) electrons. The number of aliphatic hydroxyl groups excluding tert-OH is 2. The highest BCUT2D eigenvalue weighted by Gasteiger charge is 2.19. The van der Waals surface area contributed by atoms with Crippen molar-refractivity contribution in [2.75, 3.05) is 6.54 Å². The number of carbonyl (C=O) groups excluding carboxylic acids is 1. The van der Waals surface area contributed by atoms with Crippen molar-refractivity contribution in [3.63, 3.8) is 0 Å². The Kier molecular flexibility index (Phi) is 4.53. The first-order chi connectivity index (χ1) is 7.91. The van der Waals surface area contributed by atoms with E-state index in [-0.39, 0.29) is 18.0 Å². The number of hydrogen-bond donors (Lipinski definition) is 3. The van der Waals surface area contributed by atoms with Crippen LogP contribution in [0.25, 0.3) is 0 Å². The first-order valence-electron chi connectivity index (χ1n) is 5.14. The lowest BCUT2D eigenvalue weighted by Crippen LogP contribution is -2.34. The number of amides is 1. The molecule has 0 saturated carbocycles. The highest BCUT2D eigenvalue weighted by Crippen LogP contribution is 2.17. The lowest BCUT2D eigenvalue weighted by atomic mass is 10.0. The van der Waals surface area contributed by atoms with Crippen molar-refractivity contribution in [3.8, 4) is 0 Å². The van der Waals surface area contributed by atoms with E-state index >= 15 is 0 Å². The zero-order valence-corrected chi connectivity index (χ0v) is 9.64. The Balaban J connectivity index is 2.70. The summed E-state index contributed by atoms with van der Waals surface area (Å²) >= 11 is 0. The molecule has 1 aromatic rings. The molecular weight excluding hydrogens is 227 g/mol. The standard InChI is InChI=1S/C11H15FN2O3/c1-6-3-8(4-14-11(6)12)10(17)9(16)5-13-7(2)15/h3-4,9-10,16-17H,5H2,1-2H3,(H,13,15). The van der Waals surface area contributed by atoms with Crippen molar-refractivity contribution in [1.82, 2.24) is 10.3 Å². The van der Waals surface area contributed by atoms with Gasteiger partial charge in [-0.2, -0.15) is 4.39 Å². The smallest absolute Gasteiger partial charge is 0.216 e. The number of aromatic nitrogens is 1. The molecular formula is C11H15FN2O3. The second kappa shape index (κ2) is 5.70. The van der Waals surface area contributed by atoms with Crippen LogP contribution in [0.15, 0.2) is 12.3 Å². The minimum Gasteiger partial charge on any atom is -0.388 e. The van der Waals surface area contributed by atoms with Gasteiger partial charge < -0.3 is 15.5 Å². The van der Waals surface area contributed by atoms with Gasteiger partial charge in [0, 0.05) is 30.8 Å². The minimum absolute atomic E-state index is 0.0765. The van der Waals surface area contributed by atoms with Crippen LogP contribution in [0.3, 0.4) is 0 Å². The van der Waals surface area contributed by atoms with Crippen LogP contribution < -0.4 is 5.32 Å². The lowest BCUT2D eigenvalue weighted by molar-refractivity contribution is -0.119. The minimum atomic E-state index is -1.21. The van der Waals surface area contributed by atoms with Gasteiger partial charge in [-0.05, 0) is 13.0 Å². The molecule has 0 spiro atoms. The van der Waals surface area contributed by atoms with E-state index in [9.17, 15) is 19.4 Å². The molecule has 94 valence electrons. The van der Waals surface area contributed by atoms with Crippen LogP contribution in [0.1, 0.15) is 24.2 Å². The predicted molar refractivity (Wildman–Crippen MR) is 58.6 cm³/mol. The zero-order chi connectivity index (χ0) is 13.0. The lowest BCUT2D eigenvalue weighted by Gasteiger charge is -2.18. The van der Waals surface area contributed by atoms with E-state index in [0.29, 0.717) is 5.56 Å². The Hall–Kier alpha value is -1.53. The van der Waals surface area contributed by atoms with Crippen LogP contribution in [0.5, 0.6) is 0 Å². The third kappa shape index (κ3) is 3.76. The van der Waals surface area contributed by atoms with Gasteiger partial charge in [0.2, 0.25) is 11.9 Å². The summed E-state index contributed by atoms with van der Waals surface area (Å²) in [5.41, 5.74) is 0.593. The summed E-state index contributed by atoms with van der Waals surface area (Å²) < 4.78 is 12.9. The fourth-order valence-electron chi connectivity index (χ4n) is 1.32. The van der Waals surface area contributed by atoms with Crippen LogP contribution >= 0.6 is 0 Å². The van der Waals surface area contributed by atoms with Crippen LogP contribution in [0.4, 0.5) is 4.39 Å². The van der Waals surface area contributed by atoms with Crippen molar-refractivity contribution in [1.29, 1.82) is 0 Å². The molecule has 2 unspecified atom stereocenters. The summed E-state index contributed by atoms with van der Waals surface area (Å²) in [4.78, 5) is 14.1. The molecule has 3 N–H and O–H groups in total. The van der Waals surface area contributed by atoms with Crippen molar-refractivity contribution in [3.05, 3.63) is 29.3 Å². The maximum absolute atomic E-state index is 12.9. The number of aryl methyl sites for hydroxylation is 1. The van der Waals surface area contributed by atoms with E-state index in [0.717, 1.165) is 6.20 Å². The third-order valence-corrected chi connectivity index (χ3v) is 2.30. The monoisotopic (exact) mass is 242 g/mol. The number of aliphatic hydroxyl groups is 2. The predicted octanol–water partition coefficient (Wildman–Crippen LogP) is 0.0595. The Bertz CT molecular complexity index is 412. The molecule has 0 saturated heterocycles. The van der Waals surface area contributed by atoms with Crippen LogP contribution in [-0.2, 0) is 4.79 Å². The normalized spacial score (nSPS) is 14.2. The number of pyridine rings is 1. The number of hydrogen-bond acceptors (Lipinski definition) is 4. The number of nitrogens with zero attached hydrogens (tertiary/aromatic N) is 1. The molecule has 1 amide bonds. The van der Waals surface area contributed by atoms with E-state index in [1.807, 2.05) is 0 Å². The van der Waals surface area contributed by atoms with Gasteiger partial charge in [0.15, 0.2) is 0 Å². The Morgan fingerprint density at radius 2 is 2.24 bits per heavy atom. The highest BCUT2D eigenvalue weighted by molar-refractivity contribution is 5.72. The van der Waals surface area contributed by atoms with E-state index in [1.165, 1.54) is 19.9 Å². The van der Waals surface area contributed by atoms with E-state index in [4.69, 9.17) is 0 Å². The molecule has 6 heteroatoms. The van der Waals surface area contributed by atoms with Crippen molar-refractivity contribution in [2.24, 2.45) is 0 Å². The van der Waals surface area contributed by atoms with Gasteiger partial charge in [-0.15, -0.1) is 0 Å². The number of nitrogens with one attached hydrogen (secondary N) is 1. The number of rotatable bonds is 4. The van der Waals surface area contributed by atoms with E-state index in [1.54, 1.807) is 0 Å². The zero-order valence-electron chi connectivity index (χ0n) is 9.64. The van der Waals surface area contributed by atoms with Gasteiger partial charge in [-0.3, -0.25) is 4.79 Å². The molecule has 0 aliphatic rings. The fraction of sp³-hybridized carbons (Fsp3) is 0.455. The molecule has 0 aliphatic carbocycles. The average Bonchev–Trinajstić information content (AvgIpc) is 2.28. The van der Waals surface area contributed by atoms with Gasteiger partial charge in [0.25, 0.3) is 0 Å². The molecule has 0 aromatic carbocycles. The van der Waals surface area contributed by atoms with Crippen LogP contribution in [0, 0.1) is 12.9 Å². The summed E-state index contributed by atoms with van der Waals surface area (Å²) in [5, 5.41) is 21.7. The molecule has 1 rings (SSSR count). The average molecular weight is 242 g/mol. The summed E-state index contributed by atoms with van der Waals surface area (Å²) in [6, 6.07) is 1.41. The molecule has 1 heterocycles. The number of halogens is 1. The maximum Gasteiger partial charge on any atom is 0.216 e. The van der Waals surface area contributed by atoms with Crippen molar-refractivity contribution in [2.45, 2.75) is 26.1 Å². The Morgan fingerprint density at radius 1 is 1.59 bits per heavy atom. The molecule has 0 bridgehead atoms. The summed E-state index contributed by atoms with van der Waals surface area (Å²) in [5.74, 6) is -0.915. The van der Waals surface area contributed by atoms with Crippen LogP contribution in [0.2, 0.25) is 0 Å². The maximum atomic E-state index is 12.9. The van der Waals surface area contributed by atoms with E-state index in [2.05, 4.69) is 10.3 Å². The molecule has 0 fully saturated rings. The largest absolute Gasteiger partial charge is 0.388 e. The first-order valence-corrected chi connectivity index (χ1v) is 5.14. The second-order valence-electron chi connectivity index (χ2n) is 3.83. The second-order valence-corrected chi connectivity index (χ2v) is 3.83. The molecule has 5 nitrogen and oxygen atoms in total. The van der Waals surface area contributed by atoms with Crippen LogP contribution in [-0.4, -0.2) is 33.8 Å². The van der Waals surface area contributed by atoms with Gasteiger partial charge in [-0.25, -0.2) is 4.98 Å². The summed E-state index contributed by atoms with van der Waals surface area (Å²) in [6.07, 6.45) is -1.22.